The van der Waals surface area contributed by atoms with Crippen LogP contribution in [0.25, 0.3) is 17.1 Å². The fourth-order valence-electron chi connectivity index (χ4n) is 3.47. The smallest absolute Gasteiger partial charge is 0.307 e. The third-order valence-electron chi connectivity index (χ3n) is 4.73. The molecule has 0 aliphatic carbocycles. The summed E-state index contributed by atoms with van der Waals surface area (Å²) in [6.45, 7) is 15.2. The van der Waals surface area contributed by atoms with E-state index < -0.39 is 5.97 Å². The first-order chi connectivity index (χ1) is 13.6. The van der Waals surface area contributed by atoms with Gasteiger partial charge in [0.05, 0.1) is 11.9 Å². The Bertz CT molecular complexity index is 768. The van der Waals surface area contributed by atoms with E-state index >= 15 is 0 Å². The highest BCUT2D eigenvalue weighted by Crippen LogP contribution is 2.28. The van der Waals surface area contributed by atoms with Gasteiger partial charge in [0.1, 0.15) is 0 Å². The van der Waals surface area contributed by atoms with Crippen molar-refractivity contribution in [2.45, 2.75) is 59.9 Å². The second-order valence-electron chi connectivity index (χ2n) is 6.66. The van der Waals surface area contributed by atoms with E-state index in [-0.39, 0.29) is 6.42 Å². The maximum atomic E-state index is 9.53. The van der Waals surface area contributed by atoms with Crippen LogP contribution in [-0.4, -0.2) is 33.6 Å². The number of benzene rings is 1. The van der Waals surface area contributed by atoms with Crippen molar-refractivity contribution in [3.8, 4) is 0 Å². The van der Waals surface area contributed by atoms with Crippen LogP contribution in [0.5, 0.6) is 0 Å². The molecule has 0 radical (unpaired) electrons. The predicted octanol–water partition coefficient (Wildman–Crippen LogP) is 6.10. The van der Waals surface area contributed by atoms with Crippen molar-refractivity contribution in [1.29, 1.82) is 0 Å². The number of nitrogens with zero attached hydrogens (tertiary/aromatic N) is 2. The molecule has 0 saturated carbocycles. The monoisotopic (exact) mass is 384 g/mol. The first-order valence-corrected chi connectivity index (χ1v) is 10.3. The van der Waals surface area contributed by atoms with Gasteiger partial charge in [-0.2, -0.15) is 0 Å². The van der Waals surface area contributed by atoms with Gasteiger partial charge in [-0.25, -0.2) is 0 Å². The summed E-state index contributed by atoms with van der Waals surface area (Å²) in [5.74, 6) is -0.829. The number of aromatic nitrogens is 1. The largest absolute Gasteiger partial charge is 0.481 e. The number of likely N-dealkylation sites (tertiary alicyclic amines) is 1. The molecule has 1 aromatic heterocycles. The van der Waals surface area contributed by atoms with Crippen LogP contribution in [0.4, 0.5) is 0 Å². The van der Waals surface area contributed by atoms with Gasteiger partial charge in [0.15, 0.2) is 0 Å². The average Bonchev–Trinajstić information content (AvgIpc) is 2.97. The molecule has 28 heavy (non-hydrogen) atoms. The van der Waals surface area contributed by atoms with E-state index in [1.54, 1.807) is 0 Å². The van der Waals surface area contributed by atoms with Gasteiger partial charge in [-0.3, -0.25) is 9.69 Å². The summed E-state index contributed by atoms with van der Waals surface area (Å²) >= 11 is 0. The molecule has 4 nitrogen and oxygen atoms in total. The summed E-state index contributed by atoms with van der Waals surface area (Å²) in [6.07, 6.45) is 9.80. The highest BCUT2D eigenvalue weighted by molar-refractivity contribution is 5.87. The fraction of sp³-hybridized carbons (Fsp3) is 0.458. The molecule has 3 rings (SSSR count). The van der Waals surface area contributed by atoms with Crippen LogP contribution in [0.3, 0.4) is 0 Å². The summed E-state index contributed by atoms with van der Waals surface area (Å²) < 4.78 is 2.33. The minimum Gasteiger partial charge on any atom is -0.481 e. The third kappa shape index (κ3) is 6.68. The molecule has 2 aromatic rings. The first-order valence-electron chi connectivity index (χ1n) is 10.3. The second kappa shape index (κ2) is 12.9. The Balaban J connectivity index is 0.000000422. The van der Waals surface area contributed by atoms with E-state index in [9.17, 15) is 4.79 Å². The molecule has 1 fully saturated rings. The number of para-hydroxylation sites is 1. The Labute approximate surface area is 170 Å². The van der Waals surface area contributed by atoms with E-state index in [0.717, 1.165) is 6.54 Å². The molecule has 1 aromatic carbocycles. The van der Waals surface area contributed by atoms with Crippen LogP contribution >= 0.6 is 0 Å². The molecule has 0 atom stereocenters. The van der Waals surface area contributed by atoms with E-state index in [1.807, 2.05) is 13.8 Å². The second-order valence-corrected chi connectivity index (χ2v) is 6.66. The molecule has 0 amide bonds. The van der Waals surface area contributed by atoms with Crippen molar-refractivity contribution < 1.29 is 9.90 Å². The van der Waals surface area contributed by atoms with Crippen molar-refractivity contribution in [3.63, 3.8) is 0 Å². The molecule has 1 aliphatic rings. The molecule has 1 N–H and O–H groups in total. The minimum absolute atomic E-state index is 0.0556. The molecular formula is C24H36N2O2. The lowest BCUT2D eigenvalue weighted by molar-refractivity contribution is -0.135. The lowest BCUT2D eigenvalue weighted by Gasteiger charge is -2.26. The zero-order chi connectivity index (χ0) is 20.9. The quantitative estimate of drug-likeness (QED) is 0.634. The first kappa shape index (κ1) is 23.7. The van der Waals surface area contributed by atoms with Crippen LogP contribution in [0.15, 0.2) is 43.0 Å². The van der Waals surface area contributed by atoms with Crippen LogP contribution in [0, 0.1) is 6.92 Å². The standard InChI is InChI=1S/C18H24N2.C4H6O2.C2H6/c1-3-11-20-15(2)17(14-19-12-7-4-8-13-19)16-9-5-6-10-18(16)20;1-2-3-4(5)6;1-2/h3,5-6,9-11H,4,7-8,12-14H2,1-2H3;2H,1,3H2,(H,5,6);1-2H3/b11-3+;;. The molecule has 0 spiro atoms. The normalized spacial score (nSPS) is 14.1. The number of carboxylic acid groups (broad SMARTS) is 1. The maximum Gasteiger partial charge on any atom is 0.307 e. The van der Waals surface area contributed by atoms with Crippen molar-refractivity contribution in [3.05, 3.63) is 54.3 Å². The van der Waals surface area contributed by atoms with E-state index in [1.165, 1.54) is 60.6 Å². The Hall–Kier alpha value is -2.33. The Kier molecular flexibility index (Phi) is 11.0. The summed E-state index contributed by atoms with van der Waals surface area (Å²) in [4.78, 5) is 12.1. The van der Waals surface area contributed by atoms with Gasteiger partial charge in [-0.15, -0.1) is 6.58 Å². The Morgan fingerprint density at radius 3 is 2.36 bits per heavy atom. The number of hydrogen-bond acceptors (Lipinski definition) is 2. The van der Waals surface area contributed by atoms with Gasteiger partial charge in [-0.05, 0) is 51.4 Å². The fourth-order valence-corrected chi connectivity index (χ4v) is 3.47. The SMILES string of the molecule is C/C=C/n1c(C)c(CN2CCCCC2)c2ccccc21.C=CCC(=O)O.CC. The number of allylic oxidation sites excluding steroid dienone is 1. The van der Waals surface area contributed by atoms with Gasteiger partial charge >= 0.3 is 5.97 Å². The van der Waals surface area contributed by atoms with Crippen molar-refractivity contribution in [1.82, 2.24) is 9.47 Å². The van der Waals surface area contributed by atoms with Crippen LogP contribution in [0.1, 0.15) is 57.7 Å². The highest BCUT2D eigenvalue weighted by Gasteiger charge is 2.17. The molecule has 154 valence electrons. The van der Waals surface area contributed by atoms with Crippen LogP contribution < -0.4 is 0 Å². The molecule has 4 heteroatoms. The lowest BCUT2D eigenvalue weighted by Crippen LogP contribution is -2.29. The number of rotatable bonds is 5. The summed E-state index contributed by atoms with van der Waals surface area (Å²) in [6, 6.07) is 8.78. The van der Waals surface area contributed by atoms with E-state index in [2.05, 4.69) is 66.4 Å². The Morgan fingerprint density at radius 1 is 1.18 bits per heavy atom. The molecule has 1 saturated heterocycles. The number of aliphatic carboxylic acids is 1. The van der Waals surface area contributed by atoms with Gasteiger partial charge in [0.25, 0.3) is 0 Å². The topological polar surface area (TPSA) is 45.5 Å². The van der Waals surface area contributed by atoms with Gasteiger partial charge in [0, 0.05) is 23.8 Å². The predicted molar refractivity (Wildman–Crippen MR) is 121 cm³/mol. The zero-order valence-electron chi connectivity index (χ0n) is 17.9. The van der Waals surface area contributed by atoms with Gasteiger partial charge < -0.3 is 9.67 Å². The number of piperidine rings is 1. The Morgan fingerprint density at radius 2 is 1.82 bits per heavy atom. The van der Waals surface area contributed by atoms with Crippen LogP contribution in [-0.2, 0) is 11.3 Å². The van der Waals surface area contributed by atoms with Crippen molar-refractivity contribution in [2.24, 2.45) is 0 Å². The van der Waals surface area contributed by atoms with Gasteiger partial charge in [-0.1, -0.05) is 50.6 Å². The molecule has 0 bridgehead atoms. The van der Waals surface area contributed by atoms with Crippen molar-refractivity contribution >= 4 is 23.1 Å². The zero-order valence-corrected chi connectivity index (χ0v) is 17.9. The molecule has 0 unspecified atom stereocenters. The molecular weight excluding hydrogens is 348 g/mol. The average molecular weight is 385 g/mol. The number of carbonyl (C=O) groups is 1. The summed E-state index contributed by atoms with van der Waals surface area (Å²) in [5, 5.41) is 9.25. The number of carboxylic acids is 1. The van der Waals surface area contributed by atoms with Crippen molar-refractivity contribution in [2.75, 3.05) is 13.1 Å². The third-order valence-corrected chi connectivity index (χ3v) is 4.73. The minimum atomic E-state index is -0.829. The summed E-state index contributed by atoms with van der Waals surface area (Å²) in [5.41, 5.74) is 4.21. The molecule has 2 heterocycles. The number of fused-ring (bicyclic) bond motifs is 1. The maximum absolute atomic E-state index is 9.53. The van der Waals surface area contributed by atoms with Gasteiger partial charge in [0.2, 0.25) is 0 Å². The van der Waals surface area contributed by atoms with E-state index in [0.29, 0.717) is 0 Å². The molecule has 1 aliphatic heterocycles. The highest BCUT2D eigenvalue weighted by atomic mass is 16.4. The van der Waals surface area contributed by atoms with Crippen LogP contribution in [0.2, 0.25) is 0 Å². The lowest BCUT2D eigenvalue weighted by atomic mass is 10.1. The van der Waals surface area contributed by atoms with E-state index in [4.69, 9.17) is 5.11 Å². The number of hydrogen-bond donors (Lipinski definition) is 1. The summed E-state index contributed by atoms with van der Waals surface area (Å²) in [7, 11) is 0.